The van der Waals surface area contributed by atoms with E-state index < -0.39 is 0 Å². The van der Waals surface area contributed by atoms with Gasteiger partial charge in [0.1, 0.15) is 0 Å². The lowest BCUT2D eigenvalue weighted by Gasteiger charge is -2.18. The quantitative estimate of drug-likeness (QED) is 0.867. The largest absolute Gasteiger partial charge is 0.314 e. The third-order valence-electron chi connectivity index (χ3n) is 3.31. The molecule has 1 aliphatic rings. The predicted molar refractivity (Wildman–Crippen MR) is 72.7 cm³/mol. The van der Waals surface area contributed by atoms with Crippen LogP contribution in [-0.4, -0.2) is 12.6 Å². The molecule has 1 nitrogen and oxygen atoms in total. The molecule has 0 amide bonds. The second-order valence-corrected chi connectivity index (χ2v) is 6.26. The summed E-state index contributed by atoms with van der Waals surface area (Å²) < 4.78 is 1.19. The van der Waals surface area contributed by atoms with Crippen LogP contribution in [0.3, 0.4) is 0 Å². The van der Waals surface area contributed by atoms with E-state index in [1.54, 1.807) is 0 Å². The minimum Gasteiger partial charge on any atom is -0.314 e. The molecule has 0 aromatic heterocycles. The van der Waals surface area contributed by atoms with E-state index in [-0.39, 0.29) is 0 Å². The van der Waals surface area contributed by atoms with Crippen LogP contribution in [0.5, 0.6) is 0 Å². The molecule has 0 spiro atoms. The maximum absolute atomic E-state index is 3.57. The van der Waals surface area contributed by atoms with Crippen LogP contribution in [0.1, 0.15) is 32.3 Å². The van der Waals surface area contributed by atoms with Gasteiger partial charge in [0.05, 0.1) is 0 Å². The molecule has 16 heavy (non-hydrogen) atoms. The summed E-state index contributed by atoms with van der Waals surface area (Å²) in [6.07, 6.45) is 3.96. The first-order chi connectivity index (χ1) is 7.60. The lowest BCUT2D eigenvalue weighted by molar-refractivity contribution is 0.429. The molecule has 1 saturated carbocycles. The molecule has 0 atom stereocenters. The van der Waals surface area contributed by atoms with E-state index in [1.807, 2.05) is 0 Å². The lowest BCUT2D eigenvalue weighted by atomic mass is 9.96. The van der Waals surface area contributed by atoms with Gasteiger partial charge in [0.25, 0.3) is 0 Å². The predicted octanol–water partition coefficient (Wildman–Crippen LogP) is 3.77. The van der Waals surface area contributed by atoms with Crippen LogP contribution in [0.2, 0.25) is 0 Å². The molecular weight excluding hydrogens is 262 g/mol. The van der Waals surface area contributed by atoms with Gasteiger partial charge in [0.2, 0.25) is 0 Å². The van der Waals surface area contributed by atoms with Gasteiger partial charge in [0.15, 0.2) is 0 Å². The zero-order valence-electron chi connectivity index (χ0n) is 10.1. The average molecular weight is 282 g/mol. The summed E-state index contributed by atoms with van der Waals surface area (Å²) in [4.78, 5) is 0. The van der Waals surface area contributed by atoms with Crippen molar-refractivity contribution in [1.29, 1.82) is 0 Å². The molecule has 1 aromatic rings. The summed E-state index contributed by atoms with van der Waals surface area (Å²) in [6, 6.07) is 9.30. The zero-order chi connectivity index (χ0) is 11.6. The van der Waals surface area contributed by atoms with E-state index in [4.69, 9.17) is 0 Å². The Hall–Kier alpha value is -0.340. The highest BCUT2D eigenvalue weighted by Gasteiger charge is 2.42. The molecule has 1 aromatic carbocycles. The Morgan fingerprint density at radius 1 is 1.38 bits per heavy atom. The van der Waals surface area contributed by atoms with Crippen molar-refractivity contribution in [2.75, 3.05) is 6.54 Å². The SMILES string of the molecule is CC(C)NCC1(Cc2cccc(Br)c2)CC1. The standard InChI is InChI=1S/C14H20BrN/c1-11(2)16-10-14(6-7-14)9-12-4-3-5-13(15)8-12/h3-5,8,11,16H,6-7,9-10H2,1-2H3. The number of halogens is 1. The molecule has 0 aliphatic heterocycles. The first-order valence-electron chi connectivity index (χ1n) is 6.08. The maximum atomic E-state index is 3.57. The Morgan fingerprint density at radius 2 is 2.12 bits per heavy atom. The van der Waals surface area contributed by atoms with Gasteiger partial charge in [-0.2, -0.15) is 0 Å². The summed E-state index contributed by atoms with van der Waals surface area (Å²) in [5, 5.41) is 3.57. The molecule has 2 rings (SSSR count). The number of benzene rings is 1. The number of rotatable bonds is 5. The molecule has 1 fully saturated rings. The van der Waals surface area contributed by atoms with Gasteiger partial charge >= 0.3 is 0 Å². The Balaban J connectivity index is 1.94. The van der Waals surface area contributed by atoms with Crippen molar-refractivity contribution in [1.82, 2.24) is 5.32 Å². The average Bonchev–Trinajstić information content (AvgIpc) is 2.96. The first-order valence-corrected chi connectivity index (χ1v) is 6.87. The minimum atomic E-state index is 0.547. The Kier molecular flexibility index (Phi) is 3.70. The highest BCUT2D eigenvalue weighted by Crippen LogP contribution is 2.48. The summed E-state index contributed by atoms with van der Waals surface area (Å²) in [5.41, 5.74) is 2.00. The Bertz CT molecular complexity index is 356. The fourth-order valence-electron chi connectivity index (χ4n) is 2.09. The summed E-state index contributed by atoms with van der Waals surface area (Å²) in [5.74, 6) is 0. The summed E-state index contributed by atoms with van der Waals surface area (Å²) in [6.45, 7) is 5.60. The maximum Gasteiger partial charge on any atom is 0.0177 e. The number of nitrogens with one attached hydrogen (secondary N) is 1. The van der Waals surface area contributed by atoms with E-state index in [0.717, 1.165) is 6.54 Å². The molecule has 0 bridgehead atoms. The van der Waals surface area contributed by atoms with Crippen molar-refractivity contribution in [3.63, 3.8) is 0 Å². The van der Waals surface area contributed by atoms with Crippen molar-refractivity contribution in [2.24, 2.45) is 5.41 Å². The van der Waals surface area contributed by atoms with Crippen LogP contribution < -0.4 is 5.32 Å². The fourth-order valence-corrected chi connectivity index (χ4v) is 2.54. The smallest absolute Gasteiger partial charge is 0.0177 e. The lowest BCUT2D eigenvalue weighted by Crippen LogP contribution is -2.30. The molecule has 0 heterocycles. The first kappa shape index (κ1) is 12.1. The Labute approximate surface area is 107 Å². The van der Waals surface area contributed by atoms with Crippen LogP contribution in [0.15, 0.2) is 28.7 Å². The number of hydrogen-bond acceptors (Lipinski definition) is 1. The number of hydrogen-bond donors (Lipinski definition) is 1. The van der Waals surface area contributed by atoms with Gasteiger partial charge in [-0.3, -0.25) is 0 Å². The van der Waals surface area contributed by atoms with E-state index in [1.165, 1.54) is 29.3 Å². The molecule has 88 valence electrons. The third kappa shape index (κ3) is 3.33. The van der Waals surface area contributed by atoms with E-state index in [2.05, 4.69) is 59.4 Å². The normalized spacial score (nSPS) is 17.8. The van der Waals surface area contributed by atoms with Gasteiger partial charge < -0.3 is 5.32 Å². The van der Waals surface area contributed by atoms with E-state index in [0.29, 0.717) is 11.5 Å². The van der Waals surface area contributed by atoms with Crippen LogP contribution in [0, 0.1) is 5.41 Å². The molecule has 2 heteroatoms. The van der Waals surface area contributed by atoms with Crippen molar-refractivity contribution in [3.05, 3.63) is 34.3 Å². The van der Waals surface area contributed by atoms with Gasteiger partial charge in [-0.05, 0) is 42.4 Å². The molecule has 1 aliphatic carbocycles. The summed E-state index contributed by atoms with van der Waals surface area (Å²) >= 11 is 3.54. The molecule has 0 unspecified atom stereocenters. The monoisotopic (exact) mass is 281 g/mol. The zero-order valence-corrected chi connectivity index (χ0v) is 11.7. The highest BCUT2D eigenvalue weighted by atomic mass is 79.9. The van der Waals surface area contributed by atoms with Crippen molar-refractivity contribution in [3.8, 4) is 0 Å². The van der Waals surface area contributed by atoms with Gasteiger partial charge in [-0.1, -0.05) is 41.9 Å². The fraction of sp³-hybridized carbons (Fsp3) is 0.571. The van der Waals surface area contributed by atoms with Crippen molar-refractivity contribution < 1.29 is 0 Å². The molecule has 0 saturated heterocycles. The topological polar surface area (TPSA) is 12.0 Å². The second-order valence-electron chi connectivity index (χ2n) is 5.34. The molecular formula is C14H20BrN. The van der Waals surface area contributed by atoms with E-state index >= 15 is 0 Å². The van der Waals surface area contributed by atoms with Crippen LogP contribution in [-0.2, 0) is 6.42 Å². The van der Waals surface area contributed by atoms with Crippen LogP contribution in [0.4, 0.5) is 0 Å². The minimum absolute atomic E-state index is 0.547. The van der Waals surface area contributed by atoms with Crippen LogP contribution >= 0.6 is 15.9 Å². The van der Waals surface area contributed by atoms with Crippen molar-refractivity contribution in [2.45, 2.75) is 39.2 Å². The Morgan fingerprint density at radius 3 is 2.69 bits per heavy atom. The summed E-state index contributed by atoms with van der Waals surface area (Å²) in [7, 11) is 0. The van der Waals surface area contributed by atoms with Gasteiger partial charge in [0, 0.05) is 17.1 Å². The van der Waals surface area contributed by atoms with E-state index in [9.17, 15) is 0 Å². The second kappa shape index (κ2) is 4.89. The highest BCUT2D eigenvalue weighted by molar-refractivity contribution is 9.10. The van der Waals surface area contributed by atoms with Gasteiger partial charge in [-0.25, -0.2) is 0 Å². The molecule has 1 N–H and O–H groups in total. The third-order valence-corrected chi connectivity index (χ3v) is 3.80. The molecule has 0 radical (unpaired) electrons. The van der Waals surface area contributed by atoms with Crippen LogP contribution in [0.25, 0.3) is 0 Å². The van der Waals surface area contributed by atoms with Crippen molar-refractivity contribution >= 4 is 15.9 Å². The van der Waals surface area contributed by atoms with Gasteiger partial charge in [-0.15, -0.1) is 0 Å².